The molecule has 1 aromatic rings. The Labute approximate surface area is 146 Å². The first-order valence-electron chi connectivity index (χ1n) is 8.35. The molecule has 0 atom stereocenters. The lowest BCUT2D eigenvalue weighted by atomic mass is 10.0. The number of methoxy groups -OCH3 is 1. The lowest BCUT2D eigenvalue weighted by molar-refractivity contribution is 0.0144. The SMILES string of the molecule is C/C=C(\C)c1ccc(/C(C)=C/OCCOCCOCCOC)cc1. The van der Waals surface area contributed by atoms with Crippen LogP contribution < -0.4 is 0 Å². The van der Waals surface area contributed by atoms with Crippen molar-refractivity contribution in [3.05, 3.63) is 47.7 Å². The summed E-state index contributed by atoms with van der Waals surface area (Å²) in [5.41, 5.74) is 4.79. The molecule has 4 heteroatoms. The molecular weight excluding hydrogens is 304 g/mol. The number of hydrogen-bond donors (Lipinski definition) is 0. The molecule has 4 nitrogen and oxygen atoms in total. The molecule has 0 saturated carbocycles. The van der Waals surface area contributed by atoms with Gasteiger partial charge in [-0.2, -0.15) is 0 Å². The highest BCUT2D eigenvalue weighted by Gasteiger charge is 1.98. The van der Waals surface area contributed by atoms with Gasteiger partial charge in [-0.1, -0.05) is 30.3 Å². The van der Waals surface area contributed by atoms with Gasteiger partial charge < -0.3 is 18.9 Å². The van der Waals surface area contributed by atoms with E-state index in [-0.39, 0.29) is 0 Å². The molecule has 0 aliphatic carbocycles. The van der Waals surface area contributed by atoms with E-state index in [1.54, 1.807) is 13.4 Å². The van der Waals surface area contributed by atoms with Crippen molar-refractivity contribution in [2.24, 2.45) is 0 Å². The lowest BCUT2D eigenvalue weighted by Crippen LogP contribution is -2.10. The van der Waals surface area contributed by atoms with E-state index in [9.17, 15) is 0 Å². The van der Waals surface area contributed by atoms with Crippen molar-refractivity contribution >= 4 is 11.1 Å². The molecule has 0 aliphatic heterocycles. The average Bonchev–Trinajstić information content (AvgIpc) is 2.62. The van der Waals surface area contributed by atoms with Crippen LogP contribution in [-0.4, -0.2) is 46.8 Å². The second-order valence-corrected chi connectivity index (χ2v) is 5.44. The van der Waals surface area contributed by atoms with Crippen LogP contribution in [0.25, 0.3) is 11.1 Å². The van der Waals surface area contributed by atoms with Gasteiger partial charge in [-0.3, -0.25) is 0 Å². The summed E-state index contributed by atoms with van der Waals surface area (Å²) in [6.07, 6.45) is 3.90. The minimum absolute atomic E-state index is 0.533. The number of ether oxygens (including phenoxy) is 4. The highest BCUT2D eigenvalue weighted by molar-refractivity contribution is 5.68. The molecule has 1 rings (SSSR count). The van der Waals surface area contributed by atoms with Crippen molar-refractivity contribution in [1.82, 2.24) is 0 Å². The highest BCUT2D eigenvalue weighted by atomic mass is 16.5. The summed E-state index contributed by atoms with van der Waals surface area (Å²) >= 11 is 0. The van der Waals surface area contributed by atoms with Gasteiger partial charge in [0.25, 0.3) is 0 Å². The Hall–Kier alpha value is -1.62. The maximum Gasteiger partial charge on any atom is 0.111 e. The van der Waals surface area contributed by atoms with Crippen molar-refractivity contribution in [2.45, 2.75) is 20.8 Å². The molecule has 1 aromatic carbocycles. The van der Waals surface area contributed by atoms with E-state index in [4.69, 9.17) is 18.9 Å². The van der Waals surface area contributed by atoms with Gasteiger partial charge in [-0.15, -0.1) is 0 Å². The molecule has 0 aliphatic rings. The third-order valence-corrected chi connectivity index (χ3v) is 3.64. The third-order valence-electron chi connectivity index (χ3n) is 3.64. The normalized spacial score (nSPS) is 12.5. The maximum atomic E-state index is 5.53. The van der Waals surface area contributed by atoms with Gasteiger partial charge in [0, 0.05) is 7.11 Å². The topological polar surface area (TPSA) is 36.9 Å². The minimum atomic E-state index is 0.533. The zero-order valence-corrected chi connectivity index (χ0v) is 15.3. The molecule has 24 heavy (non-hydrogen) atoms. The zero-order valence-electron chi connectivity index (χ0n) is 15.3. The molecule has 0 saturated heterocycles. The van der Waals surface area contributed by atoms with Crippen LogP contribution in [0.15, 0.2) is 36.6 Å². The van der Waals surface area contributed by atoms with Gasteiger partial charge in [0.1, 0.15) is 6.61 Å². The molecule has 0 unspecified atom stereocenters. The molecule has 0 spiro atoms. The van der Waals surface area contributed by atoms with E-state index < -0.39 is 0 Å². The smallest absolute Gasteiger partial charge is 0.111 e. The monoisotopic (exact) mass is 334 g/mol. The third kappa shape index (κ3) is 8.29. The lowest BCUT2D eigenvalue weighted by Gasteiger charge is -2.07. The van der Waals surface area contributed by atoms with Gasteiger partial charge in [-0.05, 0) is 43.0 Å². The second kappa shape index (κ2) is 12.8. The molecule has 0 fully saturated rings. The molecular formula is C20H30O4. The van der Waals surface area contributed by atoms with Gasteiger partial charge in [-0.25, -0.2) is 0 Å². The highest BCUT2D eigenvalue weighted by Crippen LogP contribution is 2.18. The number of allylic oxidation sites excluding steroid dienone is 3. The Morgan fingerprint density at radius 2 is 1.29 bits per heavy atom. The van der Waals surface area contributed by atoms with Gasteiger partial charge >= 0.3 is 0 Å². The fourth-order valence-electron chi connectivity index (χ4n) is 1.99. The Kier molecular flexibility index (Phi) is 10.9. The zero-order chi connectivity index (χ0) is 17.6. The van der Waals surface area contributed by atoms with Crippen LogP contribution in [0.3, 0.4) is 0 Å². The van der Waals surface area contributed by atoms with Crippen molar-refractivity contribution in [1.29, 1.82) is 0 Å². The molecule has 0 bridgehead atoms. The fraction of sp³-hybridized carbons (Fsp3) is 0.500. The van der Waals surface area contributed by atoms with Crippen molar-refractivity contribution in [3.8, 4) is 0 Å². The summed E-state index contributed by atoms with van der Waals surface area (Å²) in [7, 11) is 1.66. The number of benzene rings is 1. The van der Waals surface area contributed by atoms with Gasteiger partial charge in [0.15, 0.2) is 0 Å². The summed E-state index contributed by atoms with van der Waals surface area (Å²) in [4.78, 5) is 0. The second-order valence-electron chi connectivity index (χ2n) is 5.44. The van der Waals surface area contributed by atoms with Crippen LogP contribution in [-0.2, 0) is 18.9 Å². The standard InChI is InChI=1S/C20H30O4/c1-5-17(2)19-6-8-20(9-7-19)18(3)16-24-15-14-23-13-12-22-11-10-21-4/h5-9,16H,10-15H2,1-4H3/b17-5+,18-16+. The first kappa shape index (κ1) is 20.4. The van der Waals surface area contributed by atoms with Crippen molar-refractivity contribution < 1.29 is 18.9 Å². The Morgan fingerprint density at radius 3 is 1.83 bits per heavy atom. The molecule has 134 valence electrons. The minimum Gasteiger partial charge on any atom is -0.498 e. The first-order chi connectivity index (χ1) is 11.7. The Bertz CT molecular complexity index is 503. The molecule has 0 heterocycles. The van der Waals surface area contributed by atoms with E-state index in [1.807, 2.05) is 6.92 Å². The van der Waals surface area contributed by atoms with Crippen LogP contribution in [0.5, 0.6) is 0 Å². The van der Waals surface area contributed by atoms with Crippen LogP contribution >= 0.6 is 0 Å². The summed E-state index contributed by atoms with van der Waals surface area (Å²) < 4.78 is 21.2. The van der Waals surface area contributed by atoms with E-state index in [0.717, 1.165) is 11.1 Å². The maximum absolute atomic E-state index is 5.53. The first-order valence-corrected chi connectivity index (χ1v) is 8.35. The van der Waals surface area contributed by atoms with Crippen molar-refractivity contribution in [3.63, 3.8) is 0 Å². The fourth-order valence-corrected chi connectivity index (χ4v) is 1.99. The number of hydrogen-bond acceptors (Lipinski definition) is 4. The van der Waals surface area contributed by atoms with Crippen LogP contribution in [0.4, 0.5) is 0 Å². The van der Waals surface area contributed by atoms with E-state index in [2.05, 4.69) is 44.2 Å². The number of rotatable bonds is 12. The summed E-state index contributed by atoms with van der Waals surface area (Å²) in [6, 6.07) is 8.50. The Morgan fingerprint density at radius 1 is 0.792 bits per heavy atom. The van der Waals surface area contributed by atoms with Gasteiger partial charge in [0.2, 0.25) is 0 Å². The Balaban J connectivity index is 2.20. The largest absolute Gasteiger partial charge is 0.498 e. The average molecular weight is 334 g/mol. The summed E-state index contributed by atoms with van der Waals surface area (Å²) in [5, 5.41) is 0. The molecule has 0 aromatic heterocycles. The van der Waals surface area contributed by atoms with E-state index in [0.29, 0.717) is 39.6 Å². The predicted octanol–water partition coefficient (Wildman–Crippen LogP) is 4.17. The van der Waals surface area contributed by atoms with Crippen molar-refractivity contribution in [2.75, 3.05) is 46.8 Å². The van der Waals surface area contributed by atoms with Gasteiger partial charge in [0.05, 0.1) is 39.3 Å². The molecule has 0 N–H and O–H groups in total. The van der Waals surface area contributed by atoms with Crippen LogP contribution in [0.2, 0.25) is 0 Å². The van der Waals surface area contributed by atoms with E-state index in [1.165, 1.54) is 11.1 Å². The predicted molar refractivity (Wildman–Crippen MR) is 98.9 cm³/mol. The molecule has 0 radical (unpaired) electrons. The summed E-state index contributed by atoms with van der Waals surface area (Å²) in [5.74, 6) is 0. The summed E-state index contributed by atoms with van der Waals surface area (Å²) in [6.45, 7) is 9.66. The van der Waals surface area contributed by atoms with E-state index >= 15 is 0 Å². The van der Waals surface area contributed by atoms with Crippen LogP contribution in [0, 0.1) is 0 Å². The quantitative estimate of drug-likeness (QED) is 0.425. The van der Waals surface area contributed by atoms with Crippen LogP contribution in [0.1, 0.15) is 31.9 Å². The molecule has 0 amide bonds.